The fourth-order valence-electron chi connectivity index (χ4n) is 2.70. The molecule has 0 aliphatic rings. The van der Waals surface area contributed by atoms with Crippen LogP contribution in [-0.4, -0.2) is 26.3 Å². The lowest BCUT2D eigenvalue weighted by Crippen LogP contribution is -2.19. The number of aromatic nitrogens is 4. The quantitative estimate of drug-likeness (QED) is 0.609. The topological polar surface area (TPSA) is 89.6 Å². The number of aromatic amines is 1. The summed E-state index contributed by atoms with van der Waals surface area (Å²) in [5, 5.41) is 5.70. The van der Waals surface area contributed by atoms with Gasteiger partial charge in [-0.3, -0.25) is 4.98 Å². The Balaban J connectivity index is 1.98. The summed E-state index contributed by atoms with van der Waals surface area (Å²) in [5.74, 6) is -1.10. The van der Waals surface area contributed by atoms with Gasteiger partial charge in [-0.15, -0.1) is 0 Å². The number of nitrogens with zero attached hydrogens (tertiary/aromatic N) is 3. The van der Waals surface area contributed by atoms with Gasteiger partial charge in [0.05, 0.1) is 5.69 Å². The van der Waals surface area contributed by atoms with Gasteiger partial charge in [0.2, 0.25) is 0 Å². The number of nitrogens with two attached hydrogens (primary N) is 1. The molecule has 3 aromatic rings. The third kappa shape index (κ3) is 4.27. The van der Waals surface area contributed by atoms with E-state index in [2.05, 4.69) is 15.2 Å². The van der Waals surface area contributed by atoms with Crippen LogP contribution in [0.1, 0.15) is 11.5 Å². The van der Waals surface area contributed by atoms with Crippen molar-refractivity contribution in [1.82, 2.24) is 19.7 Å². The number of alkyl halides is 3. The van der Waals surface area contributed by atoms with E-state index in [1.807, 2.05) is 0 Å². The molecule has 3 rings (SSSR count). The van der Waals surface area contributed by atoms with Crippen molar-refractivity contribution in [3.8, 4) is 16.8 Å². The van der Waals surface area contributed by atoms with Crippen LogP contribution in [0.3, 0.4) is 0 Å². The maximum atomic E-state index is 14.7. The molecule has 1 aromatic carbocycles. The van der Waals surface area contributed by atoms with E-state index in [0.717, 1.165) is 29.0 Å². The van der Waals surface area contributed by atoms with Gasteiger partial charge in [0, 0.05) is 30.3 Å². The average Bonchev–Trinajstić information content (AvgIpc) is 3.05. The first kappa shape index (κ1) is 21.3. The van der Waals surface area contributed by atoms with Crippen LogP contribution in [0.25, 0.3) is 16.8 Å². The molecule has 0 saturated carbocycles. The second-order valence-corrected chi connectivity index (χ2v) is 6.12. The second-order valence-electron chi connectivity index (χ2n) is 6.12. The van der Waals surface area contributed by atoms with Crippen molar-refractivity contribution in [3.63, 3.8) is 0 Å². The minimum absolute atomic E-state index is 0.184. The number of halogens is 6. The Morgan fingerprint density at radius 1 is 1.13 bits per heavy atom. The minimum Gasteiger partial charge on any atom is -0.327 e. The van der Waals surface area contributed by atoms with E-state index >= 15 is 0 Å². The zero-order chi connectivity index (χ0) is 22.1. The summed E-state index contributed by atoms with van der Waals surface area (Å²) in [6, 6.07) is 5.40. The van der Waals surface area contributed by atoms with Crippen molar-refractivity contribution < 1.29 is 26.3 Å². The van der Waals surface area contributed by atoms with Gasteiger partial charge >= 0.3 is 11.9 Å². The first-order valence-corrected chi connectivity index (χ1v) is 8.34. The van der Waals surface area contributed by atoms with Crippen LogP contribution in [0.15, 0.2) is 53.0 Å². The van der Waals surface area contributed by atoms with Gasteiger partial charge in [-0.25, -0.2) is 18.9 Å². The van der Waals surface area contributed by atoms with Gasteiger partial charge in [0.25, 0.3) is 6.08 Å². The smallest absolute Gasteiger partial charge is 0.327 e. The molecule has 3 N–H and O–H groups in total. The summed E-state index contributed by atoms with van der Waals surface area (Å²) in [7, 11) is 0. The maximum absolute atomic E-state index is 14.7. The molecule has 0 saturated heterocycles. The maximum Gasteiger partial charge on any atom is 0.433 e. The summed E-state index contributed by atoms with van der Waals surface area (Å²) in [4.78, 5) is 15.4. The molecule has 0 atom stereocenters. The first-order valence-electron chi connectivity index (χ1n) is 8.34. The Morgan fingerprint density at radius 3 is 2.37 bits per heavy atom. The molecule has 0 spiro atoms. The van der Waals surface area contributed by atoms with Crippen LogP contribution in [0.4, 0.5) is 26.3 Å². The molecule has 30 heavy (non-hydrogen) atoms. The zero-order valence-corrected chi connectivity index (χ0v) is 15.0. The van der Waals surface area contributed by atoms with Crippen LogP contribution in [0, 0.1) is 5.82 Å². The molecule has 0 aliphatic carbocycles. The van der Waals surface area contributed by atoms with Crippen molar-refractivity contribution in [3.05, 3.63) is 76.0 Å². The van der Waals surface area contributed by atoms with E-state index in [-0.39, 0.29) is 22.6 Å². The number of pyridine rings is 1. The molecular weight excluding hydrogens is 416 g/mol. The largest absolute Gasteiger partial charge is 0.433 e. The normalized spacial score (nSPS) is 11.6. The standard InChI is InChI=1S/C18H13F6N5O/c19-12-5-9(10-2-4-14(26-8-10)18(22,23)24)1-3-13(12)29-15(27-28-17(29)30)6-11(7-25)16(20)21/h1-5,8H,6-7,25H2,(H,28,30). The Kier molecular flexibility index (Phi) is 5.78. The fraction of sp³-hybridized carbons (Fsp3) is 0.167. The summed E-state index contributed by atoms with van der Waals surface area (Å²) < 4.78 is 79.1. The highest BCUT2D eigenvalue weighted by molar-refractivity contribution is 5.64. The highest BCUT2D eigenvalue weighted by Crippen LogP contribution is 2.29. The minimum atomic E-state index is -4.61. The molecule has 158 valence electrons. The SMILES string of the molecule is NCC(Cc1n[nH]c(=O)n1-c1ccc(-c2ccc(C(F)(F)F)nc2)cc1F)=C(F)F. The molecule has 6 nitrogen and oxygen atoms in total. The number of rotatable bonds is 5. The van der Waals surface area contributed by atoms with Crippen LogP contribution in [0.2, 0.25) is 0 Å². The third-order valence-corrected chi connectivity index (χ3v) is 4.20. The van der Waals surface area contributed by atoms with Crippen LogP contribution in [0.5, 0.6) is 0 Å². The Hall–Kier alpha value is -3.41. The molecule has 0 bridgehead atoms. The first-order chi connectivity index (χ1) is 14.1. The fourth-order valence-corrected chi connectivity index (χ4v) is 2.70. The number of hydrogen-bond acceptors (Lipinski definition) is 4. The van der Waals surface area contributed by atoms with Crippen LogP contribution >= 0.6 is 0 Å². The van der Waals surface area contributed by atoms with Crippen molar-refractivity contribution >= 4 is 0 Å². The molecule has 0 fully saturated rings. The van der Waals surface area contributed by atoms with Crippen molar-refractivity contribution in [2.75, 3.05) is 6.54 Å². The van der Waals surface area contributed by atoms with Gasteiger partial charge in [-0.1, -0.05) is 12.1 Å². The molecule has 2 heterocycles. The van der Waals surface area contributed by atoms with Gasteiger partial charge in [-0.2, -0.15) is 27.1 Å². The Labute approximate surface area is 164 Å². The highest BCUT2D eigenvalue weighted by Gasteiger charge is 2.32. The molecule has 0 amide bonds. The van der Waals surface area contributed by atoms with Gasteiger partial charge in [-0.05, 0) is 23.8 Å². The van der Waals surface area contributed by atoms with Gasteiger partial charge in [0.1, 0.15) is 17.3 Å². The van der Waals surface area contributed by atoms with Gasteiger partial charge < -0.3 is 5.73 Å². The third-order valence-electron chi connectivity index (χ3n) is 4.20. The summed E-state index contributed by atoms with van der Waals surface area (Å²) in [6.45, 7) is -0.480. The predicted molar refractivity (Wildman–Crippen MR) is 94.4 cm³/mol. The Bertz CT molecular complexity index is 1140. The second kappa shape index (κ2) is 8.14. The Morgan fingerprint density at radius 2 is 1.83 bits per heavy atom. The van der Waals surface area contributed by atoms with E-state index in [1.54, 1.807) is 0 Å². The molecule has 0 aliphatic heterocycles. The highest BCUT2D eigenvalue weighted by atomic mass is 19.4. The lowest BCUT2D eigenvalue weighted by atomic mass is 10.1. The number of H-pyrrole nitrogens is 1. The van der Waals surface area contributed by atoms with Gasteiger partial charge in [0.15, 0.2) is 0 Å². The summed E-state index contributed by atoms with van der Waals surface area (Å²) in [6.07, 6.45) is -6.18. The number of nitrogens with one attached hydrogen (secondary N) is 1. The number of hydrogen-bond donors (Lipinski definition) is 2. The number of benzene rings is 1. The molecule has 12 heteroatoms. The predicted octanol–water partition coefficient (Wildman–Crippen LogP) is 3.43. The summed E-state index contributed by atoms with van der Waals surface area (Å²) >= 11 is 0. The van der Waals surface area contributed by atoms with Crippen LogP contribution in [-0.2, 0) is 12.6 Å². The van der Waals surface area contributed by atoms with Crippen molar-refractivity contribution in [1.29, 1.82) is 0 Å². The lowest BCUT2D eigenvalue weighted by molar-refractivity contribution is -0.141. The van der Waals surface area contributed by atoms with E-state index in [9.17, 15) is 31.1 Å². The lowest BCUT2D eigenvalue weighted by Gasteiger charge is -2.10. The van der Waals surface area contributed by atoms with Crippen molar-refractivity contribution in [2.45, 2.75) is 12.6 Å². The summed E-state index contributed by atoms with van der Waals surface area (Å²) in [5.41, 5.74) is 2.97. The van der Waals surface area contributed by atoms with E-state index in [0.29, 0.717) is 0 Å². The molecule has 0 unspecified atom stereocenters. The molecule has 2 aromatic heterocycles. The van der Waals surface area contributed by atoms with E-state index in [4.69, 9.17) is 5.73 Å². The monoisotopic (exact) mass is 429 g/mol. The van der Waals surface area contributed by atoms with E-state index in [1.165, 1.54) is 12.1 Å². The van der Waals surface area contributed by atoms with E-state index < -0.39 is 48.0 Å². The molecule has 0 radical (unpaired) electrons. The average molecular weight is 429 g/mol. The van der Waals surface area contributed by atoms with Crippen LogP contribution < -0.4 is 11.4 Å². The van der Waals surface area contributed by atoms with Crippen molar-refractivity contribution in [2.24, 2.45) is 5.73 Å². The molecular formula is C18H13F6N5O. The zero-order valence-electron chi connectivity index (χ0n) is 15.0.